The first-order valence-electron chi connectivity index (χ1n) is 7.16. The highest BCUT2D eigenvalue weighted by atomic mass is 32.1. The number of thiazole rings is 1. The standard InChI is InChI=1S/C14H11FN2O3S.C2H6/c1-14(2,12-17-20-13(18)19-12)10-7-21-11(16-10)8-3-5-9(15)6-4-8;1-2/h3-7H,1-2H3;1-2H3. The molecule has 0 saturated heterocycles. The summed E-state index contributed by atoms with van der Waals surface area (Å²) in [4.78, 5) is 15.5. The summed E-state index contributed by atoms with van der Waals surface area (Å²) in [7, 11) is 0. The number of rotatable bonds is 3. The number of benzene rings is 1. The van der Waals surface area contributed by atoms with Crippen LogP contribution in [0.2, 0.25) is 0 Å². The van der Waals surface area contributed by atoms with Crippen LogP contribution in [-0.2, 0) is 5.41 Å². The molecule has 0 aliphatic rings. The SMILES string of the molecule is CC.CC(C)(c1csc(-c2ccc(F)cc2)n1)c1noc(=O)o1. The lowest BCUT2D eigenvalue weighted by Crippen LogP contribution is -2.20. The summed E-state index contributed by atoms with van der Waals surface area (Å²) in [5, 5.41) is 6.23. The zero-order valence-corrected chi connectivity index (χ0v) is 14.1. The molecule has 0 saturated carbocycles. The monoisotopic (exact) mass is 336 g/mol. The maximum atomic E-state index is 12.9. The van der Waals surface area contributed by atoms with Crippen LogP contribution < -0.4 is 5.82 Å². The van der Waals surface area contributed by atoms with E-state index in [1.807, 2.05) is 33.1 Å². The Bertz CT molecular complexity index is 818. The van der Waals surface area contributed by atoms with Gasteiger partial charge in [0, 0.05) is 10.9 Å². The molecule has 0 aliphatic carbocycles. The van der Waals surface area contributed by atoms with Gasteiger partial charge < -0.3 is 4.42 Å². The van der Waals surface area contributed by atoms with Gasteiger partial charge in [-0.15, -0.1) is 11.3 Å². The third-order valence-corrected chi connectivity index (χ3v) is 4.04. The third kappa shape index (κ3) is 3.56. The average Bonchev–Trinajstić information content (AvgIpc) is 3.20. The maximum absolute atomic E-state index is 12.9. The molecular weight excluding hydrogens is 319 g/mol. The van der Waals surface area contributed by atoms with E-state index < -0.39 is 11.2 Å². The van der Waals surface area contributed by atoms with Crippen LogP contribution in [-0.4, -0.2) is 10.1 Å². The molecule has 3 rings (SSSR count). The van der Waals surface area contributed by atoms with Gasteiger partial charge in [0.15, 0.2) is 0 Å². The van der Waals surface area contributed by atoms with Gasteiger partial charge in [-0.3, -0.25) is 4.52 Å². The van der Waals surface area contributed by atoms with Gasteiger partial charge in [-0.05, 0) is 43.3 Å². The summed E-state index contributed by atoms with van der Waals surface area (Å²) in [5.41, 5.74) is 0.829. The van der Waals surface area contributed by atoms with Crippen molar-refractivity contribution in [3.8, 4) is 10.6 Å². The Kier molecular flexibility index (Phi) is 5.10. The van der Waals surface area contributed by atoms with E-state index in [-0.39, 0.29) is 11.7 Å². The summed E-state index contributed by atoms with van der Waals surface area (Å²) < 4.78 is 22.3. The van der Waals surface area contributed by atoms with Crippen molar-refractivity contribution in [2.45, 2.75) is 33.1 Å². The van der Waals surface area contributed by atoms with E-state index in [0.29, 0.717) is 5.69 Å². The van der Waals surface area contributed by atoms with Crippen molar-refractivity contribution < 1.29 is 13.3 Å². The highest BCUT2D eigenvalue weighted by molar-refractivity contribution is 7.13. The van der Waals surface area contributed by atoms with Crippen molar-refractivity contribution in [2.24, 2.45) is 0 Å². The molecule has 0 N–H and O–H groups in total. The summed E-state index contributed by atoms with van der Waals surface area (Å²) in [6.07, 6.45) is 0. The second-order valence-electron chi connectivity index (χ2n) is 5.01. The Morgan fingerprint density at radius 1 is 1.17 bits per heavy atom. The number of halogens is 1. The predicted octanol–water partition coefficient (Wildman–Crippen LogP) is 4.24. The molecule has 0 bridgehead atoms. The minimum Gasteiger partial charge on any atom is -0.374 e. The molecule has 3 aromatic rings. The van der Waals surface area contributed by atoms with Gasteiger partial charge in [-0.25, -0.2) is 14.2 Å². The van der Waals surface area contributed by atoms with E-state index in [1.165, 1.54) is 23.5 Å². The van der Waals surface area contributed by atoms with Crippen LogP contribution in [0.5, 0.6) is 0 Å². The van der Waals surface area contributed by atoms with E-state index in [9.17, 15) is 9.18 Å². The Morgan fingerprint density at radius 2 is 1.83 bits per heavy atom. The fraction of sp³-hybridized carbons (Fsp3) is 0.312. The predicted molar refractivity (Wildman–Crippen MR) is 86.0 cm³/mol. The quantitative estimate of drug-likeness (QED) is 0.715. The smallest absolute Gasteiger partial charge is 0.374 e. The molecule has 0 unspecified atom stereocenters. The average molecular weight is 336 g/mol. The molecule has 2 aromatic heterocycles. The number of hydrogen-bond donors (Lipinski definition) is 0. The van der Waals surface area contributed by atoms with E-state index >= 15 is 0 Å². The molecule has 0 aliphatic heterocycles. The molecular formula is C16H17FN2O3S. The van der Waals surface area contributed by atoms with Gasteiger partial charge in [-0.2, -0.15) is 0 Å². The molecule has 7 heteroatoms. The third-order valence-electron chi connectivity index (χ3n) is 3.15. The molecule has 122 valence electrons. The Labute approximate surface area is 136 Å². The number of nitrogens with zero attached hydrogens (tertiary/aromatic N) is 2. The first kappa shape index (κ1) is 17.1. The summed E-state index contributed by atoms with van der Waals surface area (Å²) in [6.45, 7) is 7.66. The minimum atomic E-state index is -0.841. The second-order valence-corrected chi connectivity index (χ2v) is 5.87. The van der Waals surface area contributed by atoms with Gasteiger partial charge in [-0.1, -0.05) is 13.8 Å². The van der Waals surface area contributed by atoms with Gasteiger partial charge in [0.25, 0.3) is 5.89 Å². The van der Waals surface area contributed by atoms with Crippen LogP contribution in [0.15, 0.2) is 43.4 Å². The molecule has 2 heterocycles. The van der Waals surface area contributed by atoms with E-state index in [0.717, 1.165) is 10.6 Å². The zero-order chi connectivity index (χ0) is 17.0. The number of hydrogen-bond acceptors (Lipinski definition) is 6. The van der Waals surface area contributed by atoms with Gasteiger partial charge in [0.05, 0.1) is 11.1 Å². The lowest BCUT2D eigenvalue weighted by molar-refractivity contribution is 0.331. The van der Waals surface area contributed by atoms with Crippen LogP contribution in [0.1, 0.15) is 39.3 Å². The Balaban J connectivity index is 0.000000924. The summed E-state index contributed by atoms with van der Waals surface area (Å²) >= 11 is 1.43. The molecule has 0 atom stereocenters. The van der Waals surface area contributed by atoms with Crippen molar-refractivity contribution in [3.63, 3.8) is 0 Å². The normalized spacial score (nSPS) is 11.0. The van der Waals surface area contributed by atoms with E-state index in [1.54, 1.807) is 12.1 Å². The summed E-state index contributed by atoms with van der Waals surface area (Å²) in [6, 6.07) is 6.11. The van der Waals surface area contributed by atoms with Gasteiger partial charge in [0.1, 0.15) is 10.8 Å². The fourth-order valence-corrected chi connectivity index (χ4v) is 2.83. The van der Waals surface area contributed by atoms with E-state index in [2.05, 4.69) is 14.7 Å². The van der Waals surface area contributed by atoms with Crippen LogP contribution >= 0.6 is 11.3 Å². The molecule has 5 nitrogen and oxygen atoms in total. The maximum Gasteiger partial charge on any atom is 0.542 e. The van der Waals surface area contributed by atoms with Crippen molar-refractivity contribution in [1.29, 1.82) is 0 Å². The summed E-state index contributed by atoms with van der Waals surface area (Å²) in [5.74, 6) is -0.962. The molecule has 23 heavy (non-hydrogen) atoms. The second kappa shape index (κ2) is 6.87. The Hall–Kier alpha value is -2.28. The lowest BCUT2D eigenvalue weighted by atomic mass is 9.90. The van der Waals surface area contributed by atoms with E-state index in [4.69, 9.17) is 4.42 Å². The van der Waals surface area contributed by atoms with Crippen molar-refractivity contribution in [1.82, 2.24) is 10.1 Å². The largest absolute Gasteiger partial charge is 0.542 e. The van der Waals surface area contributed by atoms with Gasteiger partial charge >= 0.3 is 5.82 Å². The molecule has 0 amide bonds. The highest BCUT2D eigenvalue weighted by Crippen LogP contribution is 2.33. The lowest BCUT2D eigenvalue weighted by Gasteiger charge is -2.16. The fourth-order valence-electron chi connectivity index (χ4n) is 1.83. The molecule has 0 spiro atoms. The molecule has 0 radical (unpaired) electrons. The van der Waals surface area contributed by atoms with Crippen molar-refractivity contribution in [3.05, 3.63) is 57.7 Å². The van der Waals surface area contributed by atoms with Crippen LogP contribution in [0.3, 0.4) is 0 Å². The highest BCUT2D eigenvalue weighted by Gasteiger charge is 2.32. The minimum absolute atomic E-state index is 0.170. The Morgan fingerprint density at radius 3 is 2.39 bits per heavy atom. The first-order chi connectivity index (χ1) is 11.0. The first-order valence-corrected chi connectivity index (χ1v) is 8.04. The van der Waals surface area contributed by atoms with Crippen molar-refractivity contribution >= 4 is 11.3 Å². The topological polar surface area (TPSA) is 69.1 Å². The van der Waals surface area contributed by atoms with Gasteiger partial charge in [0.2, 0.25) is 0 Å². The molecule has 0 fully saturated rings. The number of aromatic nitrogens is 2. The van der Waals surface area contributed by atoms with Crippen LogP contribution in [0, 0.1) is 5.82 Å². The van der Waals surface area contributed by atoms with Crippen molar-refractivity contribution in [2.75, 3.05) is 0 Å². The zero-order valence-electron chi connectivity index (χ0n) is 13.3. The van der Waals surface area contributed by atoms with Crippen LogP contribution in [0.25, 0.3) is 10.6 Å². The molecule has 1 aromatic carbocycles. The van der Waals surface area contributed by atoms with Crippen LogP contribution in [0.4, 0.5) is 4.39 Å².